The smallest absolute Gasteiger partial charge is 0.0165 e. The molecule has 148 valence electrons. The molecule has 0 unspecified atom stereocenters. The van der Waals surface area contributed by atoms with E-state index in [4.69, 9.17) is 0 Å². The second-order valence-electron chi connectivity index (χ2n) is 9.21. The van der Waals surface area contributed by atoms with Gasteiger partial charge in [0, 0.05) is 9.49 Å². The molecular weight excluding hydrogens is 320 g/mol. The highest BCUT2D eigenvalue weighted by molar-refractivity contribution is 8.02. The van der Waals surface area contributed by atoms with Crippen molar-refractivity contribution in [3.05, 3.63) is 0 Å². The maximum absolute atomic E-state index is 2.54. The van der Waals surface area contributed by atoms with Gasteiger partial charge in [0.1, 0.15) is 0 Å². The van der Waals surface area contributed by atoms with Gasteiger partial charge in [0.25, 0.3) is 0 Å². The Morgan fingerprint density at radius 3 is 1.24 bits per heavy atom. The molecule has 2 fully saturated rings. The lowest BCUT2D eigenvalue weighted by molar-refractivity contribution is 0.469. The van der Waals surface area contributed by atoms with Gasteiger partial charge in [-0.2, -0.15) is 0 Å². The molecule has 0 aliphatic heterocycles. The molecule has 2 saturated carbocycles. The van der Waals surface area contributed by atoms with Gasteiger partial charge in [0.2, 0.25) is 0 Å². The summed E-state index contributed by atoms with van der Waals surface area (Å²) in [5.41, 5.74) is 0. The zero-order valence-electron chi connectivity index (χ0n) is 17.6. The highest BCUT2D eigenvalue weighted by Gasteiger charge is 2.44. The Bertz CT molecular complexity index is 291. The number of hydrogen-bond acceptors (Lipinski definition) is 1. The van der Waals surface area contributed by atoms with E-state index in [1.807, 2.05) is 0 Å². The molecule has 0 amide bonds. The fraction of sp³-hybridized carbons (Fsp3) is 1.00. The minimum atomic E-state index is 0.681. The number of thioether (sulfide) groups is 1. The normalized spacial score (nSPS) is 21.8. The Labute approximate surface area is 163 Å². The monoisotopic (exact) mass is 366 g/mol. The lowest BCUT2D eigenvalue weighted by Crippen LogP contribution is -2.31. The van der Waals surface area contributed by atoms with Crippen LogP contribution in [0.15, 0.2) is 0 Å². The standard InChI is InChI=1S/C24H46S/c1-3-5-7-9-11-17-23(19-13-14-20-23)25-24(21-15-16-22-24)18-12-10-8-6-4-2/h3-22H2,1-2H3. The van der Waals surface area contributed by atoms with E-state index in [2.05, 4.69) is 25.6 Å². The van der Waals surface area contributed by atoms with Crippen LogP contribution in [0.4, 0.5) is 0 Å². The van der Waals surface area contributed by atoms with Gasteiger partial charge in [-0.05, 0) is 38.5 Å². The van der Waals surface area contributed by atoms with Gasteiger partial charge in [0.05, 0.1) is 0 Å². The van der Waals surface area contributed by atoms with Crippen molar-refractivity contribution in [2.75, 3.05) is 0 Å². The van der Waals surface area contributed by atoms with Crippen molar-refractivity contribution in [1.82, 2.24) is 0 Å². The molecule has 0 aromatic heterocycles. The van der Waals surface area contributed by atoms with Gasteiger partial charge >= 0.3 is 0 Å². The van der Waals surface area contributed by atoms with E-state index in [0.717, 1.165) is 0 Å². The third kappa shape index (κ3) is 7.47. The molecule has 0 heterocycles. The second kappa shape index (κ2) is 11.9. The van der Waals surface area contributed by atoms with Crippen LogP contribution in [-0.4, -0.2) is 9.49 Å². The predicted octanol–water partition coefficient (Wildman–Crippen LogP) is 9.07. The molecule has 0 aromatic carbocycles. The molecule has 2 aliphatic rings. The van der Waals surface area contributed by atoms with Crippen molar-refractivity contribution in [2.45, 2.75) is 152 Å². The van der Waals surface area contributed by atoms with Crippen molar-refractivity contribution in [2.24, 2.45) is 0 Å². The minimum absolute atomic E-state index is 0.681. The summed E-state index contributed by atoms with van der Waals surface area (Å²) in [4.78, 5) is 0. The van der Waals surface area contributed by atoms with Gasteiger partial charge < -0.3 is 0 Å². The van der Waals surface area contributed by atoms with Crippen LogP contribution >= 0.6 is 11.8 Å². The Morgan fingerprint density at radius 2 is 0.880 bits per heavy atom. The van der Waals surface area contributed by atoms with E-state index in [0.29, 0.717) is 9.49 Å². The Kier molecular flexibility index (Phi) is 10.3. The number of hydrogen-bond donors (Lipinski definition) is 0. The molecule has 0 saturated heterocycles. The molecule has 0 aromatic rings. The van der Waals surface area contributed by atoms with Gasteiger partial charge in [-0.25, -0.2) is 0 Å². The van der Waals surface area contributed by atoms with Crippen molar-refractivity contribution in [3.8, 4) is 0 Å². The molecule has 2 rings (SSSR count). The predicted molar refractivity (Wildman–Crippen MR) is 117 cm³/mol. The first-order chi connectivity index (χ1) is 12.2. The number of rotatable bonds is 14. The fourth-order valence-electron chi connectivity index (χ4n) is 5.41. The summed E-state index contributed by atoms with van der Waals surface area (Å²) >= 11 is 2.54. The van der Waals surface area contributed by atoms with Crippen LogP contribution in [0.5, 0.6) is 0 Å². The highest BCUT2D eigenvalue weighted by atomic mass is 32.2. The zero-order valence-corrected chi connectivity index (χ0v) is 18.4. The Balaban J connectivity index is 1.83. The van der Waals surface area contributed by atoms with Gasteiger partial charge in [0.15, 0.2) is 0 Å². The van der Waals surface area contributed by atoms with Crippen LogP contribution in [0.2, 0.25) is 0 Å². The summed E-state index contributed by atoms with van der Waals surface area (Å²) in [6.07, 6.45) is 29.8. The summed E-state index contributed by atoms with van der Waals surface area (Å²) < 4.78 is 1.36. The van der Waals surface area contributed by atoms with Crippen LogP contribution in [0, 0.1) is 0 Å². The summed E-state index contributed by atoms with van der Waals surface area (Å²) in [6.45, 7) is 4.66. The number of unbranched alkanes of at least 4 members (excludes halogenated alkanes) is 8. The SMILES string of the molecule is CCCCCCCC1(SC2(CCCCCCC)CCCC2)CCCC1. The van der Waals surface area contributed by atoms with E-state index >= 15 is 0 Å². The van der Waals surface area contributed by atoms with Crippen LogP contribution in [-0.2, 0) is 0 Å². The second-order valence-corrected chi connectivity index (χ2v) is 11.1. The first-order valence-electron chi connectivity index (χ1n) is 11.9. The first-order valence-corrected chi connectivity index (χ1v) is 12.8. The largest absolute Gasteiger partial charge is 0.148 e. The molecule has 0 nitrogen and oxygen atoms in total. The summed E-state index contributed by atoms with van der Waals surface area (Å²) in [6, 6.07) is 0. The Morgan fingerprint density at radius 1 is 0.520 bits per heavy atom. The van der Waals surface area contributed by atoms with Crippen molar-refractivity contribution < 1.29 is 0 Å². The minimum Gasteiger partial charge on any atom is -0.148 e. The summed E-state index contributed by atoms with van der Waals surface area (Å²) in [7, 11) is 0. The molecule has 1 heteroatoms. The van der Waals surface area contributed by atoms with Crippen LogP contribution in [0.3, 0.4) is 0 Å². The summed E-state index contributed by atoms with van der Waals surface area (Å²) in [5, 5.41) is 0. The maximum Gasteiger partial charge on any atom is 0.0165 e. The van der Waals surface area contributed by atoms with E-state index in [-0.39, 0.29) is 0 Å². The molecule has 0 N–H and O–H groups in total. The van der Waals surface area contributed by atoms with Gasteiger partial charge in [-0.3, -0.25) is 0 Å². The lowest BCUT2D eigenvalue weighted by atomic mass is 9.97. The van der Waals surface area contributed by atoms with Crippen molar-refractivity contribution in [1.29, 1.82) is 0 Å². The van der Waals surface area contributed by atoms with E-state index < -0.39 is 0 Å². The van der Waals surface area contributed by atoms with E-state index in [9.17, 15) is 0 Å². The quantitative estimate of drug-likeness (QED) is 0.276. The lowest BCUT2D eigenvalue weighted by Gasteiger charge is -2.40. The topological polar surface area (TPSA) is 0 Å². The molecule has 2 aliphatic carbocycles. The third-order valence-electron chi connectivity index (χ3n) is 6.93. The van der Waals surface area contributed by atoms with Gasteiger partial charge in [-0.15, -0.1) is 11.8 Å². The third-order valence-corrected chi connectivity index (χ3v) is 9.03. The van der Waals surface area contributed by atoms with Gasteiger partial charge in [-0.1, -0.05) is 104 Å². The fourth-order valence-corrected chi connectivity index (χ4v) is 7.80. The average Bonchev–Trinajstić information content (AvgIpc) is 3.25. The molecule has 0 spiro atoms. The van der Waals surface area contributed by atoms with Crippen LogP contribution in [0.25, 0.3) is 0 Å². The molecule has 0 radical (unpaired) electrons. The average molecular weight is 367 g/mol. The molecule has 0 bridgehead atoms. The van der Waals surface area contributed by atoms with Crippen LogP contribution in [0.1, 0.15) is 142 Å². The molecular formula is C24H46S. The van der Waals surface area contributed by atoms with E-state index in [1.54, 1.807) is 0 Å². The van der Waals surface area contributed by atoms with Crippen molar-refractivity contribution >= 4 is 11.8 Å². The zero-order chi connectivity index (χ0) is 17.8. The van der Waals surface area contributed by atoms with E-state index in [1.165, 1.54) is 128 Å². The molecule has 0 atom stereocenters. The van der Waals surface area contributed by atoms with Crippen LogP contribution < -0.4 is 0 Å². The Hall–Kier alpha value is 0.350. The van der Waals surface area contributed by atoms with Crippen molar-refractivity contribution in [3.63, 3.8) is 0 Å². The first kappa shape index (κ1) is 21.6. The maximum atomic E-state index is 2.54. The molecule has 25 heavy (non-hydrogen) atoms. The summed E-state index contributed by atoms with van der Waals surface area (Å²) in [5.74, 6) is 0. The highest BCUT2D eigenvalue weighted by Crippen LogP contribution is 2.56.